The minimum atomic E-state index is -0.519. The molecule has 184 valence electrons. The zero-order chi connectivity index (χ0) is 24.0. The van der Waals surface area contributed by atoms with Gasteiger partial charge in [0, 0.05) is 31.9 Å². The summed E-state index contributed by atoms with van der Waals surface area (Å²) in [6.45, 7) is 10.0. The molecule has 2 aromatic rings. The number of likely N-dealkylation sites (tertiary alicyclic amines) is 1. The number of piperidine rings is 3. The Hall–Kier alpha value is -2.32. The van der Waals surface area contributed by atoms with E-state index in [4.69, 9.17) is 0 Å². The molecule has 3 saturated heterocycles. The summed E-state index contributed by atoms with van der Waals surface area (Å²) in [6.07, 6.45) is 3.81. The lowest BCUT2D eigenvalue weighted by molar-refractivity contribution is -0.134. The maximum absolute atomic E-state index is 15.8. The fourth-order valence-corrected chi connectivity index (χ4v) is 6.19. The second kappa shape index (κ2) is 9.04. The summed E-state index contributed by atoms with van der Waals surface area (Å²) in [5.74, 6) is -0.456. The Labute approximate surface area is 200 Å². The van der Waals surface area contributed by atoms with Gasteiger partial charge in [0.05, 0.1) is 11.6 Å². The molecular formula is C26H36FN5O2. The van der Waals surface area contributed by atoms with E-state index in [0.717, 1.165) is 51.1 Å². The summed E-state index contributed by atoms with van der Waals surface area (Å²) in [7, 11) is 1.73. The van der Waals surface area contributed by atoms with E-state index >= 15 is 4.39 Å². The van der Waals surface area contributed by atoms with Gasteiger partial charge in [0.2, 0.25) is 11.8 Å². The van der Waals surface area contributed by atoms with Crippen LogP contribution >= 0.6 is 0 Å². The van der Waals surface area contributed by atoms with Crippen LogP contribution in [0.25, 0.3) is 10.9 Å². The van der Waals surface area contributed by atoms with Gasteiger partial charge in [0.15, 0.2) is 5.82 Å². The van der Waals surface area contributed by atoms with Crippen LogP contribution in [0, 0.1) is 17.2 Å². The molecule has 2 atom stereocenters. The first-order chi connectivity index (χ1) is 16.2. The Bertz CT molecular complexity index is 1100. The highest BCUT2D eigenvalue weighted by Gasteiger charge is 2.35. The molecule has 0 bridgehead atoms. The zero-order valence-electron chi connectivity index (χ0n) is 20.5. The van der Waals surface area contributed by atoms with E-state index in [1.54, 1.807) is 11.7 Å². The van der Waals surface area contributed by atoms with Crippen molar-refractivity contribution in [2.24, 2.45) is 18.4 Å². The summed E-state index contributed by atoms with van der Waals surface area (Å²) in [5, 5.41) is 11.1. The van der Waals surface area contributed by atoms with Crippen LogP contribution in [-0.2, 0) is 16.6 Å². The second-order valence-corrected chi connectivity index (χ2v) is 11.1. The number of hydrogen-bond donors (Lipinski definition) is 2. The highest BCUT2D eigenvalue weighted by atomic mass is 19.1. The van der Waals surface area contributed by atoms with Crippen molar-refractivity contribution < 1.29 is 14.0 Å². The molecule has 0 saturated carbocycles. The van der Waals surface area contributed by atoms with Gasteiger partial charge in [0.1, 0.15) is 5.52 Å². The number of benzene rings is 1. The van der Waals surface area contributed by atoms with E-state index in [1.165, 1.54) is 6.42 Å². The SMILES string of the molecule is Cn1nc(C2CCC(=O)NC2=O)c2ccc(C3CCN(C[C@H]4CCNCC4(C)C)CC3)c(F)c21. The first-order valence-corrected chi connectivity index (χ1v) is 12.7. The summed E-state index contributed by atoms with van der Waals surface area (Å²) in [4.78, 5) is 26.5. The van der Waals surface area contributed by atoms with Gasteiger partial charge >= 0.3 is 0 Å². The van der Waals surface area contributed by atoms with Crippen LogP contribution in [-0.4, -0.2) is 59.2 Å². The zero-order valence-corrected chi connectivity index (χ0v) is 20.5. The lowest BCUT2D eigenvalue weighted by atomic mass is 9.74. The predicted octanol–water partition coefficient (Wildman–Crippen LogP) is 3.05. The summed E-state index contributed by atoms with van der Waals surface area (Å²) in [5.41, 5.74) is 2.09. The number of nitrogens with zero attached hydrogens (tertiary/aromatic N) is 3. The third kappa shape index (κ3) is 4.26. The fraction of sp³-hybridized carbons (Fsp3) is 0.654. The lowest BCUT2D eigenvalue weighted by Gasteiger charge is -2.43. The molecule has 2 amide bonds. The number of fused-ring (bicyclic) bond motifs is 1. The van der Waals surface area contributed by atoms with Crippen molar-refractivity contribution in [1.82, 2.24) is 25.3 Å². The van der Waals surface area contributed by atoms with Gasteiger partial charge in [-0.2, -0.15) is 5.10 Å². The third-order valence-corrected chi connectivity index (χ3v) is 8.43. The van der Waals surface area contributed by atoms with Gasteiger partial charge in [0.25, 0.3) is 0 Å². The van der Waals surface area contributed by atoms with Crippen molar-refractivity contribution in [1.29, 1.82) is 0 Å². The number of nitrogens with one attached hydrogen (secondary N) is 2. The largest absolute Gasteiger partial charge is 0.316 e. The quantitative estimate of drug-likeness (QED) is 0.673. The van der Waals surface area contributed by atoms with Crippen LogP contribution in [0.5, 0.6) is 0 Å². The second-order valence-electron chi connectivity index (χ2n) is 11.1. The minimum Gasteiger partial charge on any atom is -0.316 e. The number of hydrogen-bond acceptors (Lipinski definition) is 5. The first-order valence-electron chi connectivity index (χ1n) is 12.7. The number of carbonyl (C=O) groups is 2. The normalized spacial score (nSPS) is 26.7. The Kier molecular flexibility index (Phi) is 6.23. The van der Waals surface area contributed by atoms with Crippen molar-refractivity contribution in [3.63, 3.8) is 0 Å². The summed E-state index contributed by atoms with van der Waals surface area (Å²) < 4.78 is 17.3. The molecule has 0 spiro atoms. The van der Waals surface area contributed by atoms with E-state index in [2.05, 4.69) is 34.5 Å². The van der Waals surface area contributed by atoms with E-state index < -0.39 is 5.92 Å². The Morgan fingerprint density at radius 2 is 1.91 bits per heavy atom. The van der Waals surface area contributed by atoms with Crippen LogP contribution < -0.4 is 10.6 Å². The molecule has 1 aromatic carbocycles. The molecule has 5 rings (SSSR count). The molecule has 3 aliphatic heterocycles. The molecule has 1 unspecified atom stereocenters. The van der Waals surface area contributed by atoms with E-state index in [0.29, 0.717) is 34.4 Å². The van der Waals surface area contributed by atoms with Crippen LogP contribution in [0.4, 0.5) is 4.39 Å². The van der Waals surface area contributed by atoms with Crippen molar-refractivity contribution in [2.75, 3.05) is 32.7 Å². The van der Waals surface area contributed by atoms with Gasteiger partial charge in [-0.1, -0.05) is 26.0 Å². The number of carbonyl (C=O) groups excluding carboxylic acids is 2. The number of aromatic nitrogens is 2. The number of halogens is 1. The van der Waals surface area contributed by atoms with Gasteiger partial charge in [-0.15, -0.1) is 0 Å². The van der Waals surface area contributed by atoms with Gasteiger partial charge in [-0.05, 0) is 68.1 Å². The summed E-state index contributed by atoms with van der Waals surface area (Å²) >= 11 is 0. The third-order valence-electron chi connectivity index (χ3n) is 8.43. The Balaban J connectivity index is 1.31. The monoisotopic (exact) mass is 469 g/mol. The van der Waals surface area contributed by atoms with Crippen molar-refractivity contribution in [3.05, 3.63) is 29.2 Å². The molecule has 0 radical (unpaired) electrons. The maximum Gasteiger partial charge on any atom is 0.235 e. The standard InChI is InChI=1S/C26H36FN5O2/c1-26(2)15-28-11-8-17(26)14-32-12-9-16(10-13-32)18-4-5-19-23(30-31(3)24(19)22(18)27)20-6-7-21(33)29-25(20)34/h4-5,16-17,20,28H,6-15H2,1-3H3,(H,29,33,34)/t17-,20?/m1/s1. The van der Waals surface area contributed by atoms with Crippen LogP contribution in [0.3, 0.4) is 0 Å². The molecule has 3 aliphatic rings. The molecule has 4 heterocycles. The number of aryl methyl sites for hydroxylation is 1. The van der Waals surface area contributed by atoms with Crippen molar-refractivity contribution >= 4 is 22.7 Å². The molecule has 0 aliphatic carbocycles. The van der Waals surface area contributed by atoms with Gasteiger partial charge in [-0.3, -0.25) is 19.6 Å². The molecule has 1 aromatic heterocycles. The highest BCUT2D eigenvalue weighted by Crippen LogP contribution is 2.38. The number of imide groups is 1. The first kappa shape index (κ1) is 23.4. The Morgan fingerprint density at radius 1 is 1.15 bits per heavy atom. The van der Waals surface area contributed by atoms with Crippen molar-refractivity contribution in [2.45, 2.75) is 57.8 Å². The average Bonchev–Trinajstić information content (AvgIpc) is 3.13. The van der Waals surface area contributed by atoms with Crippen LogP contribution in [0.2, 0.25) is 0 Å². The number of rotatable bonds is 4. The highest BCUT2D eigenvalue weighted by molar-refractivity contribution is 6.02. The fourth-order valence-electron chi connectivity index (χ4n) is 6.19. The van der Waals surface area contributed by atoms with Crippen molar-refractivity contribution in [3.8, 4) is 0 Å². The van der Waals surface area contributed by atoms with Gasteiger partial charge < -0.3 is 10.2 Å². The molecule has 8 heteroatoms. The topological polar surface area (TPSA) is 79.3 Å². The van der Waals surface area contributed by atoms with E-state index in [9.17, 15) is 9.59 Å². The summed E-state index contributed by atoms with van der Waals surface area (Å²) in [6, 6.07) is 3.81. The maximum atomic E-state index is 15.8. The van der Waals surface area contributed by atoms with Crippen LogP contribution in [0.15, 0.2) is 12.1 Å². The predicted molar refractivity (Wildman–Crippen MR) is 129 cm³/mol. The number of amides is 2. The van der Waals surface area contributed by atoms with Gasteiger partial charge in [-0.25, -0.2) is 4.39 Å². The molecule has 2 N–H and O–H groups in total. The smallest absolute Gasteiger partial charge is 0.235 e. The lowest BCUT2D eigenvalue weighted by Crippen LogP contribution is -2.48. The van der Waals surface area contributed by atoms with Crippen LogP contribution in [0.1, 0.15) is 69.0 Å². The molecule has 34 heavy (non-hydrogen) atoms. The Morgan fingerprint density at radius 3 is 2.62 bits per heavy atom. The minimum absolute atomic E-state index is 0.190. The molecule has 3 fully saturated rings. The average molecular weight is 470 g/mol. The van der Waals surface area contributed by atoms with E-state index in [-0.39, 0.29) is 30.0 Å². The molecular weight excluding hydrogens is 433 g/mol. The molecule has 7 nitrogen and oxygen atoms in total. The van der Waals surface area contributed by atoms with E-state index in [1.807, 2.05) is 12.1 Å².